The summed E-state index contributed by atoms with van der Waals surface area (Å²) in [6.07, 6.45) is 0. The maximum absolute atomic E-state index is 12.9. The lowest BCUT2D eigenvalue weighted by Crippen LogP contribution is -2.32. The summed E-state index contributed by atoms with van der Waals surface area (Å²) in [6.45, 7) is 0. The summed E-state index contributed by atoms with van der Waals surface area (Å²) in [5.74, 6) is -1.75. The van der Waals surface area contributed by atoms with Crippen LogP contribution >= 0.6 is 58.0 Å². The highest BCUT2D eigenvalue weighted by molar-refractivity contribution is 6.53. The van der Waals surface area contributed by atoms with Gasteiger partial charge < -0.3 is 10.6 Å². The van der Waals surface area contributed by atoms with Crippen LogP contribution < -0.4 is 15.5 Å². The smallest absolute Gasteiger partial charge is 0.283 e. The van der Waals surface area contributed by atoms with Crippen molar-refractivity contribution in [2.45, 2.75) is 0 Å². The average molecular weight is 556 g/mol. The van der Waals surface area contributed by atoms with Crippen LogP contribution in [-0.2, 0) is 9.59 Å². The zero-order valence-corrected chi connectivity index (χ0v) is 20.6. The molecule has 34 heavy (non-hydrogen) atoms. The van der Waals surface area contributed by atoms with Crippen molar-refractivity contribution in [1.82, 2.24) is 0 Å². The number of carbonyl (C=O) groups is 3. The fourth-order valence-electron chi connectivity index (χ4n) is 3.15. The third-order valence-electron chi connectivity index (χ3n) is 4.73. The summed E-state index contributed by atoms with van der Waals surface area (Å²) in [5, 5.41) is 6.50. The normalized spacial score (nSPS) is 13.5. The van der Waals surface area contributed by atoms with Crippen molar-refractivity contribution >= 4 is 92.8 Å². The molecular weight excluding hydrogens is 544 g/mol. The van der Waals surface area contributed by atoms with Crippen molar-refractivity contribution in [2.75, 3.05) is 15.5 Å². The van der Waals surface area contributed by atoms with Gasteiger partial charge in [0, 0.05) is 27.0 Å². The van der Waals surface area contributed by atoms with E-state index >= 15 is 0 Å². The van der Waals surface area contributed by atoms with Gasteiger partial charge in [0.2, 0.25) is 0 Å². The molecule has 172 valence electrons. The lowest BCUT2D eigenvalue weighted by molar-refractivity contribution is -0.120. The minimum absolute atomic E-state index is 0.108. The van der Waals surface area contributed by atoms with E-state index in [0.29, 0.717) is 27.0 Å². The Hall–Kier alpha value is -2.74. The van der Waals surface area contributed by atoms with Gasteiger partial charge in [-0.2, -0.15) is 0 Å². The predicted molar refractivity (Wildman–Crippen MR) is 136 cm³/mol. The molecule has 0 radical (unpaired) electrons. The summed E-state index contributed by atoms with van der Waals surface area (Å²) in [7, 11) is 0. The zero-order valence-electron chi connectivity index (χ0n) is 16.8. The second-order valence-electron chi connectivity index (χ2n) is 7.05. The highest BCUT2D eigenvalue weighted by Gasteiger charge is 2.39. The number of carbonyl (C=O) groups excluding carboxylic acids is 3. The van der Waals surface area contributed by atoms with Crippen molar-refractivity contribution in [3.8, 4) is 0 Å². The maximum Gasteiger partial charge on any atom is 0.283 e. The van der Waals surface area contributed by atoms with Crippen molar-refractivity contribution in [3.63, 3.8) is 0 Å². The minimum atomic E-state index is -0.705. The predicted octanol–water partition coefficient (Wildman–Crippen LogP) is 6.99. The molecule has 11 heteroatoms. The molecule has 0 fully saturated rings. The van der Waals surface area contributed by atoms with Gasteiger partial charge in [0.1, 0.15) is 10.7 Å². The van der Waals surface area contributed by atoms with Crippen molar-refractivity contribution < 1.29 is 14.4 Å². The van der Waals surface area contributed by atoms with Crippen LogP contribution in [0.3, 0.4) is 0 Å². The topological polar surface area (TPSA) is 78.5 Å². The van der Waals surface area contributed by atoms with E-state index in [1.165, 1.54) is 30.3 Å². The monoisotopic (exact) mass is 553 g/mol. The molecule has 6 nitrogen and oxygen atoms in total. The SMILES string of the molecule is O=C(Nc1cc(Cl)cc(Cl)c1)c1ccc(NC2=C(Cl)C(=O)N(c3ccc(Cl)c(Cl)c3)C2=O)cc1. The third-order valence-corrected chi connectivity index (χ3v) is 6.25. The molecule has 3 aromatic rings. The molecule has 0 spiro atoms. The Kier molecular flexibility index (Phi) is 7.07. The molecule has 0 aromatic heterocycles. The van der Waals surface area contributed by atoms with Gasteiger partial charge in [-0.25, -0.2) is 4.90 Å². The minimum Gasteiger partial charge on any atom is -0.350 e. The molecule has 0 unspecified atom stereocenters. The zero-order chi connectivity index (χ0) is 24.6. The molecule has 1 aliphatic rings. The molecular formula is C23H12Cl5N3O3. The Morgan fingerprint density at radius 1 is 0.706 bits per heavy atom. The molecule has 0 saturated carbocycles. The van der Waals surface area contributed by atoms with Crippen LogP contribution in [0, 0.1) is 0 Å². The summed E-state index contributed by atoms with van der Waals surface area (Å²) in [6, 6.07) is 15.2. The van der Waals surface area contributed by atoms with Crippen molar-refractivity contribution in [3.05, 3.63) is 97.0 Å². The quantitative estimate of drug-likeness (QED) is 0.333. The molecule has 3 aromatic carbocycles. The number of nitrogens with one attached hydrogen (secondary N) is 2. The van der Waals surface area contributed by atoms with Crippen molar-refractivity contribution in [1.29, 1.82) is 0 Å². The van der Waals surface area contributed by atoms with Gasteiger partial charge in [0.05, 0.1) is 15.7 Å². The molecule has 0 bridgehead atoms. The first-order valence-electron chi connectivity index (χ1n) is 9.52. The number of anilines is 3. The number of rotatable bonds is 5. The number of benzene rings is 3. The van der Waals surface area contributed by atoms with Crippen LogP contribution in [0.25, 0.3) is 0 Å². The van der Waals surface area contributed by atoms with E-state index in [-0.39, 0.29) is 32.4 Å². The number of hydrogen-bond donors (Lipinski definition) is 2. The number of halogens is 5. The first kappa shape index (κ1) is 24.4. The molecule has 0 aliphatic carbocycles. The van der Waals surface area contributed by atoms with Gasteiger partial charge in [0.15, 0.2) is 0 Å². The molecule has 4 rings (SSSR count). The maximum atomic E-state index is 12.9. The Bertz CT molecular complexity index is 1350. The van der Waals surface area contributed by atoms with Gasteiger partial charge in [-0.15, -0.1) is 0 Å². The lowest BCUT2D eigenvalue weighted by atomic mass is 10.2. The second kappa shape index (κ2) is 9.86. The van der Waals surface area contributed by atoms with Gasteiger partial charge in [0.25, 0.3) is 17.7 Å². The first-order valence-corrected chi connectivity index (χ1v) is 11.4. The van der Waals surface area contributed by atoms with Gasteiger partial charge >= 0.3 is 0 Å². The lowest BCUT2D eigenvalue weighted by Gasteiger charge is -2.15. The Labute approximate surface area is 219 Å². The van der Waals surface area contributed by atoms with E-state index in [4.69, 9.17) is 58.0 Å². The van der Waals surface area contributed by atoms with Crippen LogP contribution in [0.5, 0.6) is 0 Å². The van der Waals surface area contributed by atoms with Crippen LogP contribution in [0.4, 0.5) is 17.1 Å². The van der Waals surface area contributed by atoms with Gasteiger partial charge in [-0.3, -0.25) is 14.4 Å². The molecule has 3 amide bonds. The Morgan fingerprint density at radius 2 is 1.35 bits per heavy atom. The number of hydrogen-bond acceptors (Lipinski definition) is 4. The number of nitrogens with zero attached hydrogens (tertiary/aromatic N) is 1. The molecule has 1 aliphatic heterocycles. The number of amides is 3. The summed E-state index contributed by atoms with van der Waals surface area (Å²) in [4.78, 5) is 38.9. The standard InChI is InChI=1S/C23H12Cl5N3O3/c24-12-7-13(25)9-15(8-12)30-21(32)11-1-3-14(4-2-11)29-20-19(28)22(33)31(23(20)34)16-5-6-17(26)18(27)10-16/h1-10,29H,(H,30,32). The highest BCUT2D eigenvalue weighted by Crippen LogP contribution is 2.33. The van der Waals surface area contributed by atoms with E-state index in [1.54, 1.807) is 30.3 Å². The largest absolute Gasteiger partial charge is 0.350 e. The summed E-state index contributed by atoms with van der Waals surface area (Å²) >= 11 is 30.0. The molecule has 0 saturated heterocycles. The van der Waals surface area contributed by atoms with Gasteiger partial charge in [-0.05, 0) is 60.7 Å². The summed E-state index contributed by atoms with van der Waals surface area (Å²) < 4.78 is 0. The van der Waals surface area contributed by atoms with Gasteiger partial charge in [-0.1, -0.05) is 58.0 Å². The Balaban J connectivity index is 1.49. The third kappa shape index (κ3) is 5.02. The summed E-state index contributed by atoms with van der Waals surface area (Å²) in [5.41, 5.74) is 1.34. The van der Waals surface area contributed by atoms with E-state index in [1.807, 2.05) is 0 Å². The van der Waals surface area contributed by atoms with Crippen LogP contribution in [0.1, 0.15) is 10.4 Å². The molecule has 1 heterocycles. The Morgan fingerprint density at radius 3 is 1.97 bits per heavy atom. The van der Waals surface area contributed by atoms with E-state index in [2.05, 4.69) is 10.6 Å². The number of imide groups is 1. The molecule has 2 N–H and O–H groups in total. The second-order valence-corrected chi connectivity index (χ2v) is 9.11. The van der Waals surface area contributed by atoms with E-state index in [0.717, 1.165) is 4.90 Å². The first-order chi connectivity index (χ1) is 16.1. The fourth-order valence-corrected chi connectivity index (χ4v) is 4.18. The van der Waals surface area contributed by atoms with E-state index < -0.39 is 11.8 Å². The van der Waals surface area contributed by atoms with Crippen LogP contribution in [-0.4, -0.2) is 17.7 Å². The highest BCUT2D eigenvalue weighted by atomic mass is 35.5. The van der Waals surface area contributed by atoms with Crippen LogP contribution in [0.15, 0.2) is 71.4 Å². The average Bonchev–Trinajstić information content (AvgIpc) is 2.98. The fraction of sp³-hybridized carbons (Fsp3) is 0. The van der Waals surface area contributed by atoms with Crippen molar-refractivity contribution in [2.24, 2.45) is 0 Å². The molecule has 0 atom stereocenters. The van der Waals surface area contributed by atoms with Crippen LogP contribution in [0.2, 0.25) is 20.1 Å². The van der Waals surface area contributed by atoms with E-state index in [9.17, 15) is 14.4 Å².